The minimum atomic E-state index is 0.457. The van der Waals surface area contributed by atoms with E-state index in [1.807, 2.05) is 54.6 Å². The number of nitrogens with zero attached hydrogens (tertiary/aromatic N) is 4. The van der Waals surface area contributed by atoms with Crippen LogP contribution in [0.4, 0.5) is 0 Å². The summed E-state index contributed by atoms with van der Waals surface area (Å²) >= 11 is 6.12. The Balaban J connectivity index is 1.71. The van der Waals surface area contributed by atoms with Gasteiger partial charge < -0.3 is 0 Å². The van der Waals surface area contributed by atoms with Crippen LogP contribution in [0.3, 0.4) is 0 Å². The molecule has 4 rings (SSSR count). The normalized spacial score (nSPS) is 10.6. The van der Waals surface area contributed by atoms with Crippen molar-refractivity contribution in [3.8, 4) is 17.6 Å². The molecule has 0 aliphatic carbocycles. The van der Waals surface area contributed by atoms with E-state index in [-0.39, 0.29) is 0 Å². The van der Waals surface area contributed by atoms with Gasteiger partial charge >= 0.3 is 0 Å². The van der Waals surface area contributed by atoms with E-state index in [1.54, 1.807) is 12.3 Å². The van der Waals surface area contributed by atoms with Crippen molar-refractivity contribution in [3.63, 3.8) is 0 Å². The molecule has 2 aromatic heterocycles. The molecule has 0 fully saturated rings. The topological polar surface area (TPSA) is 62.5 Å². The molecule has 0 spiro atoms. The highest BCUT2D eigenvalue weighted by molar-refractivity contribution is 6.31. The van der Waals surface area contributed by atoms with Crippen LogP contribution in [0.5, 0.6) is 0 Å². The van der Waals surface area contributed by atoms with Gasteiger partial charge in [0.2, 0.25) is 0 Å². The van der Waals surface area contributed by atoms with Gasteiger partial charge in [-0.15, -0.1) is 0 Å². The summed E-state index contributed by atoms with van der Waals surface area (Å²) < 4.78 is 0. The number of halogens is 1. The molecule has 0 bridgehead atoms. The molecule has 4 nitrogen and oxygen atoms in total. The van der Waals surface area contributed by atoms with Gasteiger partial charge in [0.1, 0.15) is 11.8 Å². The van der Waals surface area contributed by atoms with Gasteiger partial charge in [-0.25, -0.2) is 15.0 Å². The van der Waals surface area contributed by atoms with E-state index < -0.39 is 0 Å². The van der Waals surface area contributed by atoms with Crippen LogP contribution in [-0.2, 0) is 6.42 Å². The van der Waals surface area contributed by atoms with Crippen molar-refractivity contribution in [2.24, 2.45) is 0 Å². The van der Waals surface area contributed by atoms with E-state index in [0.29, 0.717) is 28.5 Å². The highest BCUT2D eigenvalue weighted by Crippen LogP contribution is 2.22. The molecule has 4 aromatic rings. The van der Waals surface area contributed by atoms with E-state index in [0.717, 1.165) is 22.2 Å². The lowest BCUT2D eigenvalue weighted by atomic mass is 10.0. The molecule has 0 saturated heterocycles. The number of hydrogen-bond acceptors (Lipinski definition) is 4. The molecule has 5 heteroatoms. The third-order valence-electron chi connectivity index (χ3n) is 4.11. The van der Waals surface area contributed by atoms with Crippen molar-refractivity contribution in [3.05, 3.63) is 88.7 Å². The summed E-state index contributed by atoms with van der Waals surface area (Å²) in [5.41, 5.74) is 3.76. The van der Waals surface area contributed by atoms with Crippen LogP contribution in [0.1, 0.15) is 16.8 Å². The quantitative estimate of drug-likeness (QED) is 0.528. The molecule has 124 valence electrons. The maximum Gasteiger partial charge on any atom is 0.178 e. The molecule has 0 amide bonds. The summed E-state index contributed by atoms with van der Waals surface area (Å²) in [4.78, 5) is 13.7. The molecule has 0 aliphatic heterocycles. The Morgan fingerprint density at radius 3 is 2.65 bits per heavy atom. The Labute approximate surface area is 155 Å². The first kappa shape index (κ1) is 16.2. The summed E-state index contributed by atoms with van der Waals surface area (Å²) in [5, 5.41) is 10.8. The zero-order chi connectivity index (χ0) is 17.9. The Bertz CT molecular complexity index is 1150. The van der Waals surface area contributed by atoms with Gasteiger partial charge in [-0.3, -0.25) is 0 Å². The number of aromatic nitrogens is 3. The van der Waals surface area contributed by atoms with Crippen LogP contribution < -0.4 is 0 Å². The minimum Gasteiger partial charge on any atom is -0.249 e. The number of fused-ring (bicyclic) bond motifs is 1. The molecule has 0 unspecified atom stereocenters. The number of pyridine rings is 1. The number of rotatable bonds is 3. The molecule has 0 aliphatic rings. The number of benzene rings is 2. The van der Waals surface area contributed by atoms with Crippen LogP contribution in [0.15, 0.2) is 66.9 Å². The fraction of sp³-hybridized carbons (Fsp3) is 0.0476. The van der Waals surface area contributed by atoms with Gasteiger partial charge in [-0.2, -0.15) is 5.26 Å². The van der Waals surface area contributed by atoms with Gasteiger partial charge in [0, 0.05) is 23.7 Å². The molecule has 0 atom stereocenters. The minimum absolute atomic E-state index is 0.457. The molecule has 2 aromatic carbocycles. The summed E-state index contributed by atoms with van der Waals surface area (Å²) in [6, 6.07) is 21.2. The van der Waals surface area contributed by atoms with E-state index in [9.17, 15) is 5.26 Å². The zero-order valence-electron chi connectivity index (χ0n) is 13.7. The van der Waals surface area contributed by atoms with Crippen LogP contribution in [0.2, 0.25) is 5.02 Å². The lowest BCUT2D eigenvalue weighted by Crippen LogP contribution is -1.99. The fourth-order valence-corrected chi connectivity index (χ4v) is 3.07. The van der Waals surface area contributed by atoms with Crippen molar-refractivity contribution in [1.82, 2.24) is 15.0 Å². The third-order valence-corrected chi connectivity index (χ3v) is 4.42. The Morgan fingerprint density at radius 2 is 1.77 bits per heavy atom. The van der Waals surface area contributed by atoms with Crippen molar-refractivity contribution < 1.29 is 0 Å². The Morgan fingerprint density at radius 1 is 0.923 bits per heavy atom. The maximum atomic E-state index is 9.34. The van der Waals surface area contributed by atoms with Gasteiger partial charge in [0.25, 0.3) is 0 Å². The first-order chi connectivity index (χ1) is 12.7. The fourth-order valence-electron chi connectivity index (χ4n) is 2.83. The predicted molar refractivity (Wildman–Crippen MR) is 102 cm³/mol. The first-order valence-electron chi connectivity index (χ1n) is 8.10. The monoisotopic (exact) mass is 356 g/mol. The summed E-state index contributed by atoms with van der Waals surface area (Å²) in [6.07, 6.45) is 2.32. The highest BCUT2D eigenvalue weighted by atomic mass is 35.5. The standard InChI is InChI=1S/C21H13ClN4/c22-18-8-3-6-14(17(18)12-23)11-16-7-4-10-20(25-16)21-24-13-15-5-1-2-9-19(15)26-21/h1-10,13H,11H2. The van der Waals surface area contributed by atoms with E-state index in [2.05, 4.69) is 21.0 Å². The average molecular weight is 357 g/mol. The Kier molecular flexibility index (Phi) is 4.30. The van der Waals surface area contributed by atoms with Gasteiger partial charge in [0.05, 0.1) is 16.1 Å². The first-order valence-corrected chi connectivity index (χ1v) is 8.48. The zero-order valence-corrected chi connectivity index (χ0v) is 14.5. The van der Waals surface area contributed by atoms with Crippen LogP contribution >= 0.6 is 11.6 Å². The van der Waals surface area contributed by atoms with Crippen molar-refractivity contribution in [1.29, 1.82) is 5.26 Å². The maximum absolute atomic E-state index is 9.34. The lowest BCUT2D eigenvalue weighted by Gasteiger charge is -2.07. The predicted octanol–water partition coefficient (Wildman–Crippen LogP) is 4.81. The van der Waals surface area contributed by atoms with Crippen LogP contribution in [0, 0.1) is 11.3 Å². The summed E-state index contributed by atoms with van der Waals surface area (Å²) in [6.45, 7) is 0. The summed E-state index contributed by atoms with van der Waals surface area (Å²) in [7, 11) is 0. The van der Waals surface area contributed by atoms with E-state index >= 15 is 0 Å². The number of hydrogen-bond donors (Lipinski definition) is 0. The molecular weight excluding hydrogens is 344 g/mol. The smallest absolute Gasteiger partial charge is 0.178 e. The van der Waals surface area contributed by atoms with Gasteiger partial charge in [-0.05, 0) is 29.8 Å². The molecule has 0 radical (unpaired) electrons. The third kappa shape index (κ3) is 3.13. The van der Waals surface area contributed by atoms with Crippen molar-refractivity contribution in [2.75, 3.05) is 0 Å². The number of nitriles is 1. The average Bonchev–Trinajstić information content (AvgIpc) is 2.68. The second-order valence-corrected chi connectivity index (χ2v) is 6.24. The van der Waals surface area contributed by atoms with Crippen LogP contribution in [0.25, 0.3) is 22.4 Å². The van der Waals surface area contributed by atoms with E-state index in [4.69, 9.17) is 11.6 Å². The lowest BCUT2D eigenvalue weighted by molar-refractivity contribution is 1.06. The molecule has 0 saturated carbocycles. The molecule has 26 heavy (non-hydrogen) atoms. The Hall–Kier alpha value is -3.29. The SMILES string of the molecule is N#Cc1c(Cl)cccc1Cc1cccc(-c2ncc3ccccc3n2)n1. The van der Waals surface area contributed by atoms with Crippen LogP contribution in [-0.4, -0.2) is 15.0 Å². The van der Waals surface area contributed by atoms with Crippen molar-refractivity contribution in [2.45, 2.75) is 6.42 Å². The van der Waals surface area contributed by atoms with Gasteiger partial charge in [0.15, 0.2) is 5.82 Å². The largest absolute Gasteiger partial charge is 0.249 e. The number of para-hydroxylation sites is 1. The molecule has 0 N–H and O–H groups in total. The molecule has 2 heterocycles. The molecular formula is C21H13ClN4. The second kappa shape index (κ2) is 6.91. The van der Waals surface area contributed by atoms with E-state index in [1.165, 1.54) is 0 Å². The summed E-state index contributed by atoms with van der Waals surface area (Å²) in [5.74, 6) is 0.581. The highest BCUT2D eigenvalue weighted by Gasteiger charge is 2.10. The van der Waals surface area contributed by atoms with Gasteiger partial charge in [-0.1, -0.05) is 48.0 Å². The van der Waals surface area contributed by atoms with Crippen molar-refractivity contribution >= 4 is 22.5 Å². The second-order valence-electron chi connectivity index (χ2n) is 5.83.